The number of hydrogen-bond acceptors (Lipinski definition) is 3. The average molecular weight is 290 g/mol. The first-order valence-corrected chi connectivity index (χ1v) is 6.00. The highest BCUT2D eigenvalue weighted by atomic mass is 79.9. The highest BCUT2D eigenvalue weighted by molar-refractivity contribution is 9.10. The molecule has 0 saturated carbocycles. The summed E-state index contributed by atoms with van der Waals surface area (Å²) >= 11 is 3.34. The van der Waals surface area contributed by atoms with Crippen molar-refractivity contribution in [2.24, 2.45) is 5.73 Å². The molecule has 2 N–H and O–H groups in total. The van der Waals surface area contributed by atoms with Crippen molar-refractivity contribution in [2.75, 3.05) is 19.8 Å². The number of hydrogen-bond donors (Lipinski definition) is 1. The van der Waals surface area contributed by atoms with Gasteiger partial charge in [0, 0.05) is 10.0 Å². The van der Waals surface area contributed by atoms with Crippen molar-refractivity contribution in [1.82, 2.24) is 0 Å². The lowest BCUT2D eigenvalue weighted by Gasteiger charge is -2.21. The molecule has 1 aliphatic heterocycles. The van der Waals surface area contributed by atoms with Gasteiger partial charge in [0.05, 0.1) is 0 Å². The molecule has 5 heteroatoms. The Morgan fingerprint density at radius 2 is 2.12 bits per heavy atom. The van der Waals surface area contributed by atoms with Crippen LogP contribution >= 0.6 is 15.9 Å². The Balaban J connectivity index is 2.37. The third-order valence-corrected chi connectivity index (χ3v) is 3.16. The van der Waals surface area contributed by atoms with E-state index in [9.17, 15) is 4.39 Å². The molecular weight excluding hydrogens is 277 g/mol. The van der Waals surface area contributed by atoms with E-state index in [1.54, 1.807) is 6.07 Å². The number of rotatable bonds is 3. The average Bonchev–Trinajstić information content (AvgIpc) is 2.29. The van der Waals surface area contributed by atoms with E-state index < -0.39 is 0 Å². The summed E-state index contributed by atoms with van der Waals surface area (Å²) in [6.45, 7) is 1.39. The molecule has 0 spiro atoms. The largest absolute Gasteiger partial charge is 0.486 e. The zero-order valence-electron chi connectivity index (χ0n) is 8.76. The van der Waals surface area contributed by atoms with Crippen molar-refractivity contribution in [1.29, 1.82) is 0 Å². The summed E-state index contributed by atoms with van der Waals surface area (Å²) in [5.41, 5.74) is 6.03. The van der Waals surface area contributed by atoms with Crippen LogP contribution in [0.15, 0.2) is 10.5 Å². The summed E-state index contributed by atoms with van der Waals surface area (Å²) in [6.07, 6.45) is 1.34. The van der Waals surface area contributed by atoms with Crippen LogP contribution in [0, 0.1) is 5.82 Å². The Kier molecular flexibility index (Phi) is 3.66. The molecule has 0 atom stereocenters. The van der Waals surface area contributed by atoms with E-state index in [-0.39, 0.29) is 11.6 Å². The fraction of sp³-hybridized carbons (Fsp3) is 0.455. The standard InChI is InChI=1S/C11H13BrFNO2/c12-8-6-9-11(16-5-4-15-9)10(13)7(8)2-1-3-14/h6H,1-5,14H2. The second-order valence-electron chi connectivity index (χ2n) is 3.57. The number of benzene rings is 1. The molecule has 1 aromatic carbocycles. The Labute approximate surface area is 102 Å². The first-order valence-electron chi connectivity index (χ1n) is 5.20. The maximum Gasteiger partial charge on any atom is 0.197 e. The van der Waals surface area contributed by atoms with Gasteiger partial charge in [0.2, 0.25) is 0 Å². The molecular formula is C11H13BrFNO2. The quantitative estimate of drug-likeness (QED) is 0.928. The molecule has 16 heavy (non-hydrogen) atoms. The van der Waals surface area contributed by atoms with E-state index in [1.807, 2.05) is 0 Å². The van der Waals surface area contributed by atoms with Gasteiger partial charge in [0.15, 0.2) is 17.3 Å². The van der Waals surface area contributed by atoms with Crippen molar-refractivity contribution in [3.8, 4) is 11.5 Å². The van der Waals surface area contributed by atoms with Gasteiger partial charge >= 0.3 is 0 Å². The highest BCUT2D eigenvalue weighted by Crippen LogP contribution is 2.39. The van der Waals surface area contributed by atoms with Crippen molar-refractivity contribution < 1.29 is 13.9 Å². The molecule has 2 rings (SSSR count). The number of ether oxygens (including phenoxy) is 2. The van der Waals surface area contributed by atoms with Crippen molar-refractivity contribution in [3.63, 3.8) is 0 Å². The van der Waals surface area contributed by atoms with Crippen LogP contribution in [0.4, 0.5) is 4.39 Å². The fourth-order valence-electron chi connectivity index (χ4n) is 1.66. The summed E-state index contributed by atoms with van der Waals surface area (Å²) in [5.74, 6) is 0.353. The zero-order chi connectivity index (χ0) is 11.5. The Morgan fingerprint density at radius 1 is 1.38 bits per heavy atom. The SMILES string of the molecule is NCCCc1c(Br)cc2c(c1F)OCCO2. The Hall–Kier alpha value is -0.810. The van der Waals surface area contributed by atoms with Gasteiger partial charge in [-0.2, -0.15) is 0 Å². The number of halogens is 2. The summed E-state index contributed by atoms with van der Waals surface area (Å²) < 4.78 is 25.4. The number of nitrogens with two attached hydrogens (primary N) is 1. The van der Waals surface area contributed by atoms with E-state index in [0.717, 1.165) is 6.42 Å². The van der Waals surface area contributed by atoms with E-state index >= 15 is 0 Å². The van der Waals surface area contributed by atoms with Gasteiger partial charge in [-0.15, -0.1) is 0 Å². The second-order valence-corrected chi connectivity index (χ2v) is 4.42. The summed E-state index contributed by atoms with van der Waals surface area (Å²) in [5, 5.41) is 0. The van der Waals surface area contributed by atoms with Gasteiger partial charge in [-0.05, 0) is 25.5 Å². The molecule has 0 radical (unpaired) electrons. The molecule has 0 amide bonds. The van der Waals surface area contributed by atoms with Gasteiger partial charge in [-0.25, -0.2) is 4.39 Å². The molecule has 0 bridgehead atoms. The molecule has 1 heterocycles. The van der Waals surface area contributed by atoms with Crippen LogP contribution in [0.5, 0.6) is 11.5 Å². The van der Waals surface area contributed by atoms with Crippen LogP contribution in [-0.2, 0) is 6.42 Å². The van der Waals surface area contributed by atoms with E-state index in [1.165, 1.54) is 0 Å². The third kappa shape index (κ3) is 2.15. The second kappa shape index (κ2) is 5.01. The third-order valence-electron chi connectivity index (χ3n) is 2.45. The monoisotopic (exact) mass is 289 g/mol. The highest BCUT2D eigenvalue weighted by Gasteiger charge is 2.21. The Morgan fingerprint density at radius 3 is 2.88 bits per heavy atom. The predicted octanol–water partition coefficient (Wildman–Crippen LogP) is 2.25. The lowest BCUT2D eigenvalue weighted by molar-refractivity contribution is 0.163. The minimum Gasteiger partial charge on any atom is -0.486 e. The molecule has 0 fully saturated rings. The molecule has 0 aliphatic carbocycles. The normalized spacial score (nSPS) is 13.9. The minimum atomic E-state index is -0.336. The van der Waals surface area contributed by atoms with E-state index in [2.05, 4.69) is 15.9 Å². The van der Waals surface area contributed by atoms with Crippen molar-refractivity contribution in [3.05, 3.63) is 21.9 Å². The van der Waals surface area contributed by atoms with Crippen LogP contribution in [0.2, 0.25) is 0 Å². The number of fused-ring (bicyclic) bond motifs is 1. The van der Waals surface area contributed by atoms with Crippen LogP contribution in [0.1, 0.15) is 12.0 Å². The lowest BCUT2D eigenvalue weighted by Crippen LogP contribution is -2.17. The molecule has 1 aromatic rings. The van der Waals surface area contributed by atoms with Gasteiger partial charge in [-0.1, -0.05) is 15.9 Å². The van der Waals surface area contributed by atoms with Crippen LogP contribution < -0.4 is 15.2 Å². The van der Waals surface area contributed by atoms with Gasteiger partial charge in [0.25, 0.3) is 0 Å². The van der Waals surface area contributed by atoms with Crippen LogP contribution in [-0.4, -0.2) is 19.8 Å². The fourth-order valence-corrected chi connectivity index (χ4v) is 2.24. The zero-order valence-corrected chi connectivity index (χ0v) is 10.3. The van der Waals surface area contributed by atoms with Crippen LogP contribution in [0.3, 0.4) is 0 Å². The first kappa shape index (κ1) is 11.7. The molecule has 0 aromatic heterocycles. The van der Waals surface area contributed by atoms with E-state index in [0.29, 0.717) is 42.0 Å². The van der Waals surface area contributed by atoms with Gasteiger partial charge in [0.1, 0.15) is 13.2 Å². The Bertz CT molecular complexity index is 398. The van der Waals surface area contributed by atoms with Gasteiger partial charge < -0.3 is 15.2 Å². The van der Waals surface area contributed by atoms with E-state index in [4.69, 9.17) is 15.2 Å². The summed E-state index contributed by atoms with van der Waals surface area (Å²) in [7, 11) is 0. The van der Waals surface area contributed by atoms with Gasteiger partial charge in [-0.3, -0.25) is 0 Å². The molecule has 0 saturated heterocycles. The minimum absolute atomic E-state index is 0.224. The van der Waals surface area contributed by atoms with Crippen LogP contribution in [0.25, 0.3) is 0 Å². The maximum absolute atomic E-state index is 14.1. The smallest absolute Gasteiger partial charge is 0.197 e. The molecule has 0 unspecified atom stereocenters. The predicted molar refractivity (Wildman–Crippen MR) is 62.5 cm³/mol. The maximum atomic E-state index is 14.1. The summed E-state index contributed by atoms with van der Waals surface area (Å²) in [4.78, 5) is 0. The molecule has 88 valence electrons. The van der Waals surface area contributed by atoms with Crippen molar-refractivity contribution in [2.45, 2.75) is 12.8 Å². The molecule has 1 aliphatic rings. The molecule has 3 nitrogen and oxygen atoms in total. The van der Waals surface area contributed by atoms with Crippen molar-refractivity contribution >= 4 is 15.9 Å². The topological polar surface area (TPSA) is 44.5 Å². The lowest BCUT2D eigenvalue weighted by atomic mass is 10.1. The summed E-state index contributed by atoms with van der Waals surface area (Å²) in [6, 6.07) is 1.75. The first-order chi connectivity index (χ1) is 7.74.